The van der Waals surface area contributed by atoms with E-state index in [-0.39, 0.29) is 35.9 Å². The lowest BCUT2D eigenvalue weighted by Gasteiger charge is -2.37. The first-order valence-corrected chi connectivity index (χ1v) is 13.1. The highest BCUT2D eigenvalue weighted by molar-refractivity contribution is 6.31. The second-order valence-electron chi connectivity index (χ2n) is 10.7. The molecule has 1 unspecified atom stereocenters. The number of nitro benzene ring substituents is 1. The minimum atomic E-state index is -0.703. The molecule has 1 aliphatic heterocycles. The number of halogens is 1. The van der Waals surface area contributed by atoms with E-state index >= 15 is 0 Å². The number of amides is 1. The number of anilines is 2. The number of benzene rings is 3. The van der Waals surface area contributed by atoms with Gasteiger partial charge in [0.25, 0.3) is 5.69 Å². The molecule has 1 amide bonds. The number of carbonyl (C=O) groups excluding carboxylic acids is 2. The fourth-order valence-electron chi connectivity index (χ4n) is 5.43. The molecule has 0 spiro atoms. The Labute approximate surface area is 231 Å². The minimum absolute atomic E-state index is 0.0421. The molecular weight excluding hydrogens is 516 g/mol. The van der Waals surface area contributed by atoms with Gasteiger partial charge in [0, 0.05) is 41.4 Å². The van der Waals surface area contributed by atoms with Gasteiger partial charge in [0.2, 0.25) is 5.91 Å². The van der Waals surface area contributed by atoms with Gasteiger partial charge in [-0.3, -0.25) is 19.7 Å². The highest BCUT2D eigenvalue weighted by Gasteiger charge is 2.42. The zero-order valence-electron chi connectivity index (χ0n) is 21.7. The molecule has 1 atom stereocenters. The molecule has 3 aromatic rings. The van der Waals surface area contributed by atoms with Gasteiger partial charge >= 0.3 is 0 Å². The van der Waals surface area contributed by atoms with Gasteiger partial charge in [0.15, 0.2) is 5.78 Å². The molecule has 9 heteroatoms. The van der Waals surface area contributed by atoms with Crippen LogP contribution in [0.2, 0.25) is 5.02 Å². The fourth-order valence-corrected chi connectivity index (χ4v) is 5.63. The summed E-state index contributed by atoms with van der Waals surface area (Å²) in [4.78, 5) is 40.2. The van der Waals surface area contributed by atoms with Crippen molar-refractivity contribution in [1.29, 1.82) is 0 Å². The number of allylic oxidation sites excluding steroid dienone is 1. The molecule has 0 fully saturated rings. The van der Waals surface area contributed by atoms with Crippen LogP contribution in [0.4, 0.5) is 17.1 Å². The Morgan fingerprint density at radius 3 is 2.62 bits per heavy atom. The lowest BCUT2D eigenvalue weighted by Crippen LogP contribution is -2.42. The van der Waals surface area contributed by atoms with Crippen molar-refractivity contribution in [3.05, 3.63) is 110 Å². The Kier molecular flexibility index (Phi) is 7.14. The molecule has 39 heavy (non-hydrogen) atoms. The van der Waals surface area contributed by atoms with Crippen LogP contribution in [0.1, 0.15) is 43.9 Å². The van der Waals surface area contributed by atoms with Crippen LogP contribution in [0.5, 0.6) is 0 Å². The van der Waals surface area contributed by atoms with Crippen LogP contribution >= 0.6 is 11.6 Å². The summed E-state index contributed by atoms with van der Waals surface area (Å²) >= 11 is 6.28. The number of ketones is 1. The van der Waals surface area contributed by atoms with Gasteiger partial charge in [-0.2, -0.15) is 0 Å². The quantitative estimate of drug-likeness (QED) is 0.283. The number of hydrogen-bond donors (Lipinski definition) is 2. The standard InChI is InChI=1S/C30H29ClN4O4/c1-30(2)15-24-28(26(36)16-30)29(19-9-7-10-21(14-19)35(38)39)34(25-13-6-5-12-23(25)33-24)18-27(37)32-17-20-8-3-4-11-22(20)31/h3-14,29,33H,15-18H2,1-2H3,(H,32,37). The summed E-state index contributed by atoms with van der Waals surface area (Å²) in [6, 6.07) is 20.5. The van der Waals surface area contributed by atoms with Gasteiger partial charge in [-0.1, -0.05) is 67.9 Å². The van der Waals surface area contributed by atoms with Crippen LogP contribution in [-0.2, 0) is 16.1 Å². The normalized spacial score (nSPS) is 18.0. The van der Waals surface area contributed by atoms with Crippen molar-refractivity contribution in [2.24, 2.45) is 5.41 Å². The molecular formula is C30H29ClN4O4. The third-order valence-electron chi connectivity index (χ3n) is 7.15. The average Bonchev–Trinajstić information content (AvgIpc) is 3.02. The van der Waals surface area contributed by atoms with Crippen molar-refractivity contribution in [2.45, 2.75) is 39.3 Å². The first kappa shape index (κ1) is 26.4. The molecule has 0 bridgehead atoms. The van der Waals surface area contributed by atoms with Crippen molar-refractivity contribution < 1.29 is 14.5 Å². The Morgan fingerprint density at radius 1 is 1.10 bits per heavy atom. The predicted octanol–water partition coefficient (Wildman–Crippen LogP) is 6.18. The summed E-state index contributed by atoms with van der Waals surface area (Å²) in [6.07, 6.45) is 0.961. The molecule has 1 aliphatic carbocycles. The van der Waals surface area contributed by atoms with Gasteiger partial charge in [0.05, 0.1) is 28.9 Å². The van der Waals surface area contributed by atoms with Gasteiger partial charge < -0.3 is 15.5 Å². The maximum absolute atomic E-state index is 13.8. The number of Topliss-reactive ketones (excluding diaryl/α,β-unsaturated/α-hetero) is 1. The van der Waals surface area contributed by atoms with Crippen LogP contribution in [0.3, 0.4) is 0 Å². The topological polar surface area (TPSA) is 105 Å². The smallest absolute Gasteiger partial charge is 0.269 e. The maximum Gasteiger partial charge on any atom is 0.269 e. The van der Waals surface area contributed by atoms with Crippen LogP contribution < -0.4 is 15.5 Å². The Morgan fingerprint density at radius 2 is 1.85 bits per heavy atom. The van der Waals surface area contributed by atoms with Crippen LogP contribution in [0.15, 0.2) is 84.1 Å². The third-order valence-corrected chi connectivity index (χ3v) is 7.52. The molecule has 0 saturated heterocycles. The van der Waals surface area contributed by atoms with Crippen LogP contribution in [0, 0.1) is 15.5 Å². The van der Waals surface area contributed by atoms with E-state index in [1.165, 1.54) is 12.1 Å². The minimum Gasteiger partial charge on any atom is -0.357 e. The molecule has 1 heterocycles. The second-order valence-corrected chi connectivity index (χ2v) is 11.1. The van der Waals surface area contributed by atoms with Crippen molar-refractivity contribution in [3.8, 4) is 0 Å². The highest BCUT2D eigenvalue weighted by Crippen LogP contribution is 2.48. The first-order valence-electron chi connectivity index (χ1n) is 12.8. The molecule has 2 N–H and O–H groups in total. The summed E-state index contributed by atoms with van der Waals surface area (Å²) in [6.45, 7) is 4.27. The number of rotatable bonds is 6. The van der Waals surface area contributed by atoms with E-state index in [2.05, 4.69) is 24.5 Å². The average molecular weight is 545 g/mol. The number of nitrogens with one attached hydrogen (secondary N) is 2. The number of para-hydroxylation sites is 2. The zero-order valence-corrected chi connectivity index (χ0v) is 22.5. The van der Waals surface area contributed by atoms with Gasteiger partial charge in [0.1, 0.15) is 0 Å². The van der Waals surface area contributed by atoms with Crippen molar-refractivity contribution >= 4 is 40.4 Å². The zero-order chi connectivity index (χ0) is 27.7. The van der Waals surface area contributed by atoms with E-state index in [0.29, 0.717) is 29.0 Å². The lowest BCUT2D eigenvalue weighted by atomic mass is 9.73. The number of non-ortho nitro benzene ring substituents is 1. The SMILES string of the molecule is CC1(C)CC(=O)C2=C(C1)Nc1ccccc1N(CC(=O)NCc1ccccc1Cl)C2c1cccc([N+](=O)[O-])c1. The summed E-state index contributed by atoms with van der Waals surface area (Å²) in [5.41, 5.74) is 3.82. The van der Waals surface area contributed by atoms with E-state index < -0.39 is 11.0 Å². The van der Waals surface area contributed by atoms with Crippen molar-refractivity contribution in [1.82, 2.24) is 5.32 Å². The molecule has 200 valence electrons. The number of nitro groups is 1. The summed E-state index contributed by atoms with van der Waals surface area (Å²) < 4.78 is 0. The molecule has 3 aromatic carbocycles. The molecule has 8 nitrogen and oxygen atoms in total. The second kappa shape index (κ2) is 10.5. The molecule has 0 radical (unpaired) electrons. The molecule has 5 rings (SSSR count). The van der Waals surface area contributed by atoms with E-state index in [9.17, 15) is 19.7 Å². The Bertz CT molecular complexity index is 1500. The van der Waals surface area contributed by atoms with E-state index in [1.807, 2.05) is 47.4 Å². The number of carbonyl (C=O) groups is 2. The predicted molar refractivity (Wildman–Crippen MR) is 152 cm³/mol. The van der Waals surface area contributed by atoms with Crippen molar-refractivity contribution in [3.63, 3.8) is 0 Å². The van der Waals surface area contributed by atoms with Gasteiger partial charge in [-0.05, 0) is 41.2 Å². The Hall–Kier alpha value is -4.17. The number of hydrogen-bond acceptors (Lipinski definition) is 6. The van der Waals surface area contributed by atoms with Crippen LogP contribution in [-0.4, -0.2) is 23.2 Å². The van der Waals surface area contributed by atoms with E-state index in [4.69, 9.17) is 11.6 Å². The monoisotopic (exact) mass is 544 g/mol. The first-order chi connectivity index (χ1) is 18.6. The van der Waals surface area contributed by atoms with Crippen LogP contribution in [0.25, 0.3) is 0 Å². The summed E-state index contributed by atoms with van der Waals surface area (Å²) in [5, 5.41) is 18.7. The number of fused-ring (bicyclic) bond motifs is 1. The third kappa shape index (κ3) is 5.52. The largest absolute Gasteiger partial charge is 0.357 e. The lowest BCUT2D eigenvalue weighted by molar-refractivity contribution is -0.384. The summed E-state index contributed by atoms with van der Waals surface area (Å²) in [7, 11) is 0. The van der Waals surface area contributed by atoms with E-state index in [1.54, 1.807) is 18.2 Å². The molecule has 2 aliphatic rings. The molecule has 0 aromatic heterocycles. The fraction of sp³-hybridized carbons (Fsp3) is 0.267. The van der Waals surface area contributed by atoms with Gasteiger partial charge in [-0.25, -0.2) is 0 Å². The maximum atomic E-state index is 13.8. The van der Waals surface area contributed by atoms with Gasteiger partial charge in [-0.15, -0.1) is 0 Å². The summed E-state index contributed by atoms with van der Waals surface area (Å²) in [5.74, 6) is -0.313. The highest BCUT2D eigenvalue weighted by atomic mass is 35.5. The van der Waals surface area contributed by atoms with Crippen molar-refractivity contribution in [2.75, 3.05) is 16.8 Å². The Balaban J connectivity index is 1.60. The molecule has 0 saturated carbocycles. The van der Waals surface area contributed by atoms with E-state index in [0.717, 1.165) is 22.6 Å². The number of nitrogens with zero attached hydrogens (tertiary/aromatic N) is 2.